The van der Waals surface area contributed by atoms with Crippen LogP contribution in [-0.2, 0) is 0 Å². The Hall–Kier alpha value is -16.4. The molecule has 574 valence electrons. The van der Waals surface area contributed by atoms with Crippen molar-refractivity contribution in [2.75, 3.05) is 19.6 Å². The van der Waals surface area contributed by atoms with E-state index in [0.29, 0.717) is 0 Å². The Labute approximate surface area is 705 Å². The number of aromatic nitrogens is 2. The van der Waals surface area contributed by atoms with Crippen molar-refractivity contribution in [3.8, 4) is 55.9 Å². The summed E-state index contributed by atoms with van der Waals surface area (Å²) in [5.41, 5.74) is 31.6. The van der Waals surface area contributed by atoms with Crippen molar-refractivity contribution in [1.29, 1.82) is 0 Å². The van der Waals surface area contributed by atoms with Gasteiger partial charge in [-0.1, -0.05) is 255 Å². The highest BCUT2D eigenvalue weighted by Gasteiger charge is 2.24. The molecule has 0 aliphatic heterocycles. The number of nitrogens with zero attached hydrogens (tertiary/aromatic N) is 6. The van der Waals surface area contributed by atoms with Gasteiger partial charge in [0, 0.05) is 134 Å². The van der Waals surface area contributed by atoms with E-state index in [-0.39, 0.29) is 0 Å². The van der Waals surface area contributed by atoms with Crippen LogP contribution in [0.1, 0.15) is 0 Å². The fraction of sp³-hybridized carbons (Fsp3) is 0. The SMILES string of the molecule is c1ccc(N(c2ccc(-c3ccc(N(c4ccc(-c5cccc6c5oc5ccccc56)cc4)c4ccc(N(c5ccc(-c6ccc(N(c7ccccc7)c7ccc8c(c7)c7ccccc7n8-c7ccccc7)cc6)cc5)c5ccc(-c6cccc7c6oc6ccccc67)cc5)cc4)cc3)cc2)c2ccc3c(c2)c2ccccc2n3-c2ccccc2)cc1. The van der Waals surface area contributed by atoms with Gasteiger partial charge in [0.15, 0.2) is 0 Å². The molecule has 23 rings (SSSR count). The number of para-hydroxylation sites is 10. The van der Waals surface area contributed by atoms with E-state index in [4.69, 9.17) is 8.83 Å². The largest absolute Gasteiger partial charge is 0.455 e. The van der Waals surface area contributed by atoms with E-state index in [9.17, 15) is 0 Å². The Morgan fingerprint density at radius 2 is 0.393 bits per heavy atom. The van der Waals surface area contributed by atoms with Crippen LogP contribution >= 0.6 is 0 Å². The van der Waals surface area contributed by atoms with E-state index >= 15 is 0 Å². The summed E-state index contributed by atoms with van der Waals surface area (Å²) < 4.78 is 18.0. The Bertz CT molecular complexity index is 7350. The third-order valence-electron chi connectivity index (χ3n) is 24.1. The second kappa shape index (κ2) is 29.9. The van der Waals surface area contributed by atoms with Crippen LogP contribution in [0.4, 0.5) is 68.2 Å². The van der Waals surface area contributed by atoms with Crippen LogP contribution in [0.5, 0.6) is 0 Å². The maximum absolute atomic E-state index is 6.61. The van der Waals surface area contributed by atoms with Gasteiger partial charge in [-0.2, -0.15) is 0 Å². The lowest BCUT2D eigenvalue weighted by Crippen LogP contribution is -2.12. The van der Waals surface area contributed by atoms with Crippen molar-refractivity contribution in [2.45, 2.75) is 0 Å². The fourth-order valence-corrected chi connectivity index (χ4v) is 18.3. The molecule has 0 unspecified atom stereocenters. The summed E-state index contributed by atoms with van der Waals surface area (Å²) >= 11 is 0. The molecule has 0 spiro atoms. The zero-order valence-corrected chi connectivity index (χ0v) is 66.4. The van der Waals surface area contributed by atoms with Gasteiger partial charge >= 0.3 is 0 Å². The summed E-state index contributed by atoms with van der Waals surface area (Å²) in [4.78, 5) is 9.43. The molecule has 0 fully saturated rings. The molecule has 0 saturated heterocycles. The van der Waals surface area contributed by atoms with Crippen molar-refractivity contribution in [3.63, 3.8) is 0 Å². The van der Waals surface area contributed by atoms with E-state index in [1.165, 1.54) is 32.6 Å². The van der Waals surface area contributed by atoms with Gasteiger partial charge in [-0.3, -0.25) is 0 Å². The summed E-state index contributed by atoms with van der Waals surface area (Å²) in [5.74, 6) is 0. The van der Waals surface area contributed by atoms with Crippen LogP contribution in [0.2, 0.25) is 0 Å². The van der Waals surface area contributed by atoms with Gasteiger partial charge in [0.25, 0.3) is 0 Å². The number of hydrogen-bond donors (Lipinski definition) is 0. The first kappa shape index (κ1) is 70.9. The van der Waals surface area contributed by atoms with Crippen molar-refractivity contribution >= 4 is 156 Å². The monoisotopic (exact) mass is 1560 g/mol. The number of hydrogen-bond acceptors (Lipinski definition) is 6. The number of rotatable bonds is 18. The average Bonchev–Trinajstić information content (AvgIpc) is 1.59. The Balaban J connectivity index is 0.594. The highest BCUT2D eigenvalue weighted by atomic mass is 16.3. The summed E-state index contributed by atoms with van der Waals surface area (Å²) in [7, 11) is 0. The molecule has 0 bridgehead atoms. The number of furan rings is 2. The third-order valence-corrected chi connectivity index (χ3v) is 24.1. The minimum Gasteiger partial charge on any atom is -0.455 e. The Morgan fingerprint density at radius 1 is 0.156 bits per heavy atom. The molecule has 0 saturated carbocycles. The molecule has 0 atom stereocenters. The number of anilines is 12. The lowest BCUT2D eigenvalue weighted by molar-refractivity contribution is 0.669. The predicted octanol–water partition coefficient (Wildman–Crippen LogP) is 32.2. The highest BCUT2D eigenvalue weighted by Crippen LogP contribution is 2.48. The number of fused-ring (bicyclic) bond motifs is 12. The standard InChI is InChI=1S/C114H76N6O2/c1-5-23-83(24-6-1)117(95-71-73-109-105(75-95)99-31-13-17-39-107(99)119(109)85-27-9-3-10-28-85)91-59-47-79(48-60-91)77-43-55-87(56-44-77)115(89-63-51-81(52-64-89)97-35-21-37-103-101-33-15-19-41-111(101)121-113(97)103)93-67-69-94(70-68-93)116(90-65-53-82(54-66-90)98-36-22-38-104-102-34-16-20-42-112(102)122-114(98)104)88-57-45-78(46-58-88)80-49-61-92(62-50-80)118(84-25-7-2-8-26-84)96-72-74-110-106(76-96)100-32-14-18-40-108(100)120(110)86-29-11-4-12-30-86/h1-76H. The lowest BCUT2D eigenvalue weighted by Gasteiger charge is -2.29. The fourth-order valence-electron chi connectivity index (χ4n) is 18.3. The van der Waals surface area contributed by atoms with Crippen molar-refractivity contribution in [1.82, 2.24) is 9.13 Å². The second-order valence-corrected chi connectivity index (χ2v) is 31.2. The van der Waals surface area contributed by atoms with Crippen LogP contribution < -0.4 is 19.6 Å². The molecule has 0 amide bonds. The molecule has 0 aliphatic rings. The molecule has 0 radical (unpaired) electrons. The maximum atomic E-state index is 6.61. The van der Waals surface area contributed by atoms with E-state index in [1.807, 2.05) is 24.3 Å². The van der Waals surface area contributed by atoms with Crippen LogP contribution in [-0.4, -0.2) is 9.13 Å². The molecule has 4 heterocycles. The van der Waals surface area contributed by atoms with E-state index in [2.05, 4.69) is 466 Å². The minimum atomic E-state index is 0.876. The molecule has 0 N–H and O–H groups in total. The molecule has 0 aliphatic carbocycles. The molecule has 4 aromatic heterocycles. The molecule has 8 heteroatoms. The normalized spacial score (nSPS) is 11.6. The van der Waals surface area contributed by atoms with Crippen molar-refractivity contribution in [2.24, 2.45) is 0 Å². The van der Waals surface area contributed by atoms with Gasteiger partial charge in [0.1, 0.15) is 22.3 Å². The van der Waals surface area contributed by atoms with Crippen LogP contribution in [0, 0.1) is 0 Å². The van der Waals surface area contributed by atoms with E-state index in [0.717, 1.165) is 179 Å². The highest BCUT2D eigenvalue weighted by molar-refractivity contribution is 6.14. The van der Waals surface area contributed by atoms with Crippen LogP contribution in [0.25, 0.3) is 143 Å². The van der Waals surface area contributed by atoms with Crippen molar-refractivity contribution < 1.29 is 8.83 Å². The van der Waals surface area contributed by atoms with Gasteiger partial charge in [0.05, 0.1) is 22.1 Å². The first-order chi connectivity index (χ1) is 60.5. The summed E-state index contributed by atoms with van der Waals surface area (Å²) in [5, 5.41) is 9.23. The average molecular weight is 1560 g/mol. The molecule has 8 nitrogen and oxygen atoms in total. The summed E-state index contributed by atoms with van der Waals surface area (Å²) in [6, 6.07) is 166. The zero-order chi connectivity index (χ0) is 80.6. The minimum absolute atomic E-state index is 0.876. The Morgan fingerprint density at radius 3 is 0.730 bits per heavy atom. The van der Waals surface area contributed by atoms with E-state index < -0.39 is 0 Å². The Kier molecular flexibility index (Phi) is 17.4. The van der Waals surface area contributed by atoms with Gasteiger partial charge in [0.2, 0.25) is 0 Å². The van der Waals surface area contributed by atoms with Gasteiger partial charge in [-0.15, -0.1) is 0 Å². The second-order valence-electron chi connectivity index (χ2n) is 31.2. The maximum Gasteiger partial charge on any atom is 0.143 e. The van der Waals surface area contributed by atoms with Crippen LogP contribution in [0.3, 0.4) is 0 Å². The zero-order valence-electron chi connectivity index (χ0n) is 66.4. The van der Waals surface area contributed by atoms with E-state index in [1.54, 1.807) is 0 Å². The van der Waals surface area contributed by atoms with Crippen molar-refractivity contribution in [3.05, 3.63) is 461 Å². The first-order valence-electron chi connectivity index (χ1n) is 41.5. The van der Waals surface area contributed by atoms with Gasteiger partial charge in [-0.05, 0) is 240 Å². The molecular weight excluding hydrogens is 1490 g/mol. The summed E-state index contributed by atoms with van der Waals surface area (Å²) in [6.07, 6.45) is 0. The van der Waals surface area contributed by atoms with Gasteiger partial charge in [-0.25, -0.2) is 0 Å². The summed E-state index contributed by atoms with van der Waals surface area (Å²) in [6.45, 7) is 0. The number of benzene rings is 19. The molecule has 19 aromatic carbocycles. The lowest BCUT2D eigenvalue weighted by atomic mass is 10.0. The molecule has 122 heavy (non-hydrogen) atoms. The molecule has 23 aromatic rings. The predicted molar refractivity (Wildman–Crippen MR) is 510 cm³/mol. The topological polar surface area (TPSA) is 49.1 Å². The first-order valence-corrected chi connectivity index (χ1v) is 41.5. The smallest absolute Gasteiger partial charge is 0.143 e. The van der Waals surface area contributed by atoms with Gasteiger partial charge < -0.3 is 37.6 Å². The third kappa shape index (κ3) is 12.5. The molecular formula is C114H76N6O2. The quantitative estimate of drug-likeness (QED) is 0.0853. The van der Waals surface area contributed by atoms with Crippen LogP contribution in [0.15, 0.2) is 470 Å².